The molecule has 27 heavy (non-hydrogen) atoms. The van der Waals surface area contributed by atoms with Crippen molar-refractivity contribution in [1.29, 1.82) is 0 Å². The Balaban J connectivity index is 1.28. The van der Waals surface area contributed by atoms with E-state index in [1.165, 1.54) is 29.9 Å². The van der Waals surface area contributed by atoms with Crippen LogP contribution >= 0.6 is 0 Å². The molecule has 1 aliphatic carbocycles. The highest BCUT2D eigenvalue weighted by Crippen LogP contribution is 2.28. The average molecular weight is 362 g/mol. The minimum atomic E-state index is 0.878. The number of benzene rings is 1. The first kappa shape index (κ1) is 16.7. The summed E-state index contributed by atoms with van der Waals surface area (Å²) in [5, 5.41) is 0. The molecule has 0 bridgehead atoms. The van der Waals surface area contributed by atoms with E-state index in [1.807, 2.05) is 19.1 Å². The van der Waals surface area contributed by atoms with E-state index in [2.05, 4.69) is 26.9 Å². The van der Waals surface area contributed by atoms with Gasteiger partial charge < -0.3 is 9.88 Å². The molecule has 0 amide bonds. The van der Waals surface area contributed by atoms with Gasteiger partial charge in [0.05, 0.1) is 17.6 Å². The normalized spacial score (nSPS) is 18.0. The molecular formula is C21H26N6. The zero-order chi connectivity index (χ0) is 18.2. The van der Waals surface area contributed by atoms with E-state index in [0.29, 0.717) is 0 Å². The van der Waals surface area contributed by atoms with E-state index >= 15 is 0 Å². The molecule has 1 saturated heterocycles. The summed E-state index contributed by atoms with van der Waals surface area (Å²) in [4.78, 5) is 22.6. The standard InChI is InChI=1S/C21H26N6/c1-15-22-17-7-3-2-6-16(17)21(23-15)27-12-10-26(11-13-27)14-20-24-18-8-4-5-9-19(18)25-20/h4-5,8-9H,2-3,6-7,10-14H2,1H3,(H,24,25). The second kappa shape index (κ2) is 6.93. The van der Waals surface area contributed by atoms with Crippen LogP contribution in [0.1, 0.15) is 35.7 Å². The molecule has 3 aromatic rings. The highest BCUT2D eigenvalue weighted by atomic mass is 15.3. The van der Waals surface area contributed by atoms with Crippen molar-refractivity contribution in [3.63, 3.8) is 0 Å². The average Bonchev–Trinajstić information content (AvgIpc) is 3.10. The van der Waals surface area contributed by atoms with Crippen molar-refractivity contribution in [3.8, 4) is 0 Å². The van der Waals surface area contributed by atoms with Crippen LogP contribution in [0, 0.1) is 6.92 Å². The van der Waals surface area contributed by atoms with Crippen LogP contribution in [-0.4, -0.2) is 51.0 Å². The lowest BCUT2D eigenvalue weighted by atomic mass is 9.96. The molecular weight excluding hydrogens is 336 g/mol. The van der Waals surface area contributed by atoms with Gasteiger partial charge in [0.15, 0.2) is 0 Å². The van der Waals surface area contributed by atoms with Crippen molar-refractivity contribution in [3.05, 3.63) is 47.2 Å². The van der Waals surface area contributed by atoms with Gasteiger partial charge >= 0.3 is 0 Å². The van der Waals surface area contributed by atoms with Crippen LogP contribution in [0.3, 0.4) is 0 Å². The molecule has 1 fully saturated rings. The predicted octanol–water partition coefficient (Wildman–Crippen LogP) is 2.86. The molecule has 0 saturated carbocycles. The molecule has 5 rings (SSSR count). The summed E-state index contributed by atoms with van der Waals surface area (Å²) >= 11 is 0. The van der Waals surface area contributed by atoms with Crippen LogP contribution in [0.25, 0.3) is 11.0 Å². The van der Waals surface area contributed by atoms with Gasteiger partial charge in [-0.2, -0.15) is 0 Å². The maximum absolute atomic E-state index is 4.83. The molecule has 6 heteroatoms. The zero-order valence-electron chi connectivity index (χ0n) is 15.9. The molecule has 3 heterocycles. The molecule has 0 radical (unpaired) electrons. The van der Waals surface area contributed by atoms with Crippen LogP contribution in [0.5, 0.6) is 0 Å². The summed E-state index contributed by atoms with van der Waals surface area (Å²) in [5.74, 6) is 3.16. The third kappa shape index (κ3) is 3.30. The monoisotopic (exact) mass is 362 g/mol. The summed E-state index contributed by atoms with van der Waals surface area (Å²) in [5.41, 5.74) is 4.86. The number of nitrogens with zero attached hydrogens (tertiary/aromatic N) is 5. The smallest absolute Gasteiger partial charge is 0.135 e. The van der Waals surface area contributed by atoms with Gasteiger partial charge in [-0.3, -0.25) is 4.90 Å². The lowest BCUT2D eigenvalue weighted by Gasteiger charge is -2.36. The number of piperazine rings is 1. The number of H-pyrrole nitrogens is 1. The summed E-state index contributed by atoms with van der Waals surface area (Å²) in [6.07, 6.45) is 4.76. The molecule has 6 nitrogen and oxygen atoms in total. The lowest BCUT2D eigenvalue weighted by molar-refractivity contribution is 0.244. The van der Waals surface area contributed by atoms with Crippen molar-refractivity contribution in [1.82, 2.24) is 24.8 Å². The number of hydrogen-bond acceptors (Lipinski definition) is 5. The lowest BCUT2D eigenvalue weighted by Crippen LogP contribution is -2.47. The van der Waals surface area contributed by atoms with Crippen molar-refractivity contribution in [2.75, 3.05) is 31.1 Å². The number of nitrogens with one attached hydrogen (secondary N) is 1. The third-order valence-electron chi connectivity index (χ3n) is 5.76. The number of anilines is 1. The first-order valence-electron chi connectivity index (χ1n) is 10.0. The Morgan fingerprint density at radius 2 is 1.78 bits per heavy atom. The summed E-state index contributed by atoms with van der Waals surface area (Å²) < 4.78 is 0. The number of para-hydroxylation sites is 2. The fourth-order valence-corrected chi connectivity index (χ4v) is 4.37. The number of aromatic amines is 1. The van der Waals surface area contributed by atoms with E-state index in [9.17, 15) is 0 Å². The molecule has 0 unspecified atom stereocenters. The number of imidazole rings is 1. The van der Waals surface area contributed by atoms with Gasteiger partial charge in [-0.15, -0.1) is 0 Å². The van der Waals surface area contributed by atoms with Crippen LogP contribution in [-0.2, 0) is 19.4 Å². The van der Waals surface area contributed by atoms with E-state index in [1.54, 1.807) is 0 Å². The van der Waals surface area contributed by atoms with E-state index < -0.39 is 0 Å². The van der Waals surface area contributed by atoms with Gasteiger partial charge in [-0.1, -0.05) is 12.1 Å². The molecule has 1 aliphatic heterocycles. The van der Waals surface area contributed by atoms with Crippen molar-refractivity contribution >= 4 is 16.9 Å². The van der Waals surface area contributed by atoms with Crippen LogP contribution < -0.4 is 4.90 Å². The summed E-state index contributed by atoms with van der Waals surface area (Å²) in [6, 6.07) is 8.24. The van der Waals surface area contributed by atoms with Gasteiger partial charge in [0.25, 0.3) is 0 Å². The fourth-order valence-electron chi connectivity index (χ4n) is 4.37. The molecule has 1 N–H and O–H groups in total. The number of aromatic nitrogens is 4. The highest BCUT2D eigenvalue weighted by Gasteiger charge is 2.24. The molecule has 0 atom stereocenters. The van der Waals surface area contributed by atoms with E-state index in [0.717, 1.165) is 68.2 Å². The van der Waals surface area contributed by atoms with Gasteiger partial charge in [-0.05, 0) is 44.7 Å². The molecule has 2 aliphatic rings. The first-order chi connectivity index (χ1) is 13.3. The second-order valence-electron chi connectivity index (χ2n) is 7.69. The summed E-state index contributed by atoms with van der Waals surface area (Å²) in [6.45, 7) is 7.01. The van der Waals surface area contributed by atoms with E-state index in [-0.39, 0.29) is 0 Å². The maximum atomic E-state index is 4.83. The molecule has 0 spiro atoms. The van der Waals surface area contributed by atoms with Crippen LogP contribution in [0.2, 0.25) is 0 Å². The Hall–Kier alpha value is -2.47. The van der Waals surface area contributed by atoms with Crippen molar-refractivity contribution in [2.24, 2.45) is 0 Å². The minimum absolute atomic E-state index is 0.878. The minimum Gasteiger partial charge on any atom is -0.354 e. The van der Waals surface area contributed by atoms with Gasteiger partial charge in [0.2, 0.25) is 0 Å². The largest absolute Gasteiger partial charge is 0.354 e. The predicted molar refractivity (Wildman–Crippen MR) is 107 cm³/mol. The zero-order valence-corrected chi connectivity index (χ0v) is 15.9. The first-order valence-corrected chi connectivity index (χ1v) is 10.0. The van der Waals surface area contributed by atoms with Gasteiger partial charge in [0.1, 0.15) is 17.5 Å². The van der Waals surface area contributed by atoms with Crippen LogP contribution in [0.15, 0.2) is 24.3 Å². The topological polar surface area (TPSA) is 60.9 Å². The van der Waals surface area contributed by atoms with Crippen molar-refractivity contribution in [2.45, 2.75) is 39.2 Å². The Morgan fingerprint density at radius 1 is 0.963 bits per heavy atom. The van der Waals surface area contributed by atoms with E-state index in [4.69, 9.17) is 15.0 Å². The second-order valence-corrected chi connectivity index (χ2v) is 7.69. The number of rotatable bonds is 3. The maximum Gasteiger partial charge on any atom is 0.135 e. The summed E-state index contributed by atoms with van der Waals surface area (Å²) in [7, 11) is 0. The number of aryl methyl sites for hydroxylation is 2. The van der Waals surface area contributed by atoms with Gasteiger partial charge in [0, 0.05) is 37.4 Å². The molecule has 2 aromatic heterocycles. The number of fused-ring (bicyclic) bond motifs is 2. The number of hydrogen-bond donors (Lipinski definition) is 1. The Morgan fingerprint density at radius 3 is 2.63 bits per heavy atom. The highest BCUT2D eigenvalue weighted by molar-refractivity contribution is 5.74. The molecule has 140 valence electrons. The SMILES string of the molecule is Cc1nc2c(c(N3CCN(Cc4nc5ccccc5[nH]4)CC3)n1)CCCC2. The third-order valence-corrected chi connectivity index (χ3v) is 5.76. The Bertz CT molecular complexity index is 921. The fraction of sp³-hybridized carbons (Fsp3) is 0.476. The Kier molecular flexibility index (Phi) is 4.28. The quantitative estimate of drug-likeness (QED) is 0.776. The Labute approximate surface area is 159 Å². The van der Waals surface area contributed by atoms with Crippen molar-refractivity contribution < 1.29 is 0 Å². The van der Waals surface area contributed by atoms with Crippen LogP contribution in [0.4, 0.5) is 5.82 Å². The molecule has 1 aromatic carbocycles. The van der Waals surface area contributed by atoms with Gasteiger partial charge in [-0.25, -0.2) is 15.0 Å².